The molecule has 0 aromatic heterocycles. The number of benzene rings is 2. The second kappa shape index (κ2) is 8.63. The van der Waals surface area contributed by atoms with Crippen molar-refractivity contribution in [1.82, 2.24) is 0 Å². The second-order valence-corrected chi connectivity index (χ2v) is 7.56. The molecule has 1 fully saturated rings. The number of allylic oxidation sites excluding steroid dienone is 1. The van der Waals surface area contributed by atoms with Gasteiger partial charge in [0.05, 0.1) is 0 Å². The third kappa shape index (κ3) is 4.08. The largest absolute Gasteiger partial charge is 0.0652 e. The summed E-state index contributed by atoms with van der Waals surface area (Å²) in [6.07, 6.45) is 13.1. The van der Waals surface area contributed by atoms with Gasteiger partial charge in [-0.3, -0.25) is 0 Å². The molecule has 0 bridgehead atoms. The molecular formula is C24H28Zr. The van der Waals surface area contributed by atoms with Gasteiger partial charge in [-0.15, -0.1) is 0 Å². The van der Waals surface area contributed by atoms with Crippen LogP contribution in [0.2, 0.25) is 0 Å². The van der Waals surface area contributed by atoms with Crippen molar-refractivity contribution in [2.24, 2.45) is 0 Å². The molecule has 1 heteroatoms. The van der Waals surface area contributed by atoms with Crippen LogP contribution < -0.4 is 0 Å². The van der Waals surface area contributed by atoms with E-state index in [-0.39, 0.29) is 26.2 Å². The van der Waals surface area contributed by atoms with E-state index in [0.29, 0.717) is 0 Å². The maximum absolute atomic E-state index is 2.45. The Kier molecular flexibility index (Phi) is 6.51. The van der Waals surface area contributed by atoms with E-state index in [1.165, 1.54) is 67.2 Å². The van der Waals surface area contributed by atoms with Gasteiger partial charge < -0.3 is 0 Å². The van der Waals surface area contributed by atoms with Crippen LogP contribution in [-0.2, 0) is 32.6 Å². The number of hydrogen-bond acceptors (Lipinski definition) is 0. The molecule has 2 aromatic carbocycles. The van der Waals surface area contributed by atoms with Gasteiger partial charge in [-0.05, 0) is 59.4 Å². The smallest absolute Gasteiger partial charge is 0 e. The minimum Gasteiger partial charge on any atom is -0.0652 e. The van der Waals surface area contributed by atoms with Gasteiger partial charge in [0.15, 0.2) is 0 Å². The number of fused-ring (bicyclic) bond motifs is 1. The van der Waals surface area contributed by atoms with Crippen molar-refractivity contribution in [3.63, 3.8) is 0 Å². The summed E-state index contributed by atoms with van der Waals surface area (Å²) >= 11 is 0. The summed E-state index contributed by atoms with van der Waals surface area (Å²) in [5.41, 5.74) is 8.90. The average molecular weight is 408 g/mol. The minimum absolute atomic E-state index is 0. The Morgan fingerprint density at radius 2 is 1.68 bits per heavy atom. The van der Waals surface area contributed by atoms with Crippen molar-refractivity contribution in [3.05, 3.63) is 64.7 Å². The second-order valence-electron chi connectivity index (χ2n) is 7.56. The molecule has 2 aliphatic rings. The minimum atomic E-state index is 0. The summed E-state index contributed by atoms with van der Waals surface area (Å²) in [4.78, 5) is 0. The van der Waals surface area contributed by atoms with Crippen molar-refractivity contribution < 1.29 is 26.2 Å². The van der Waals surface area contributed by atoms with Crippen LogP contribution in [0.5, 0.6) is 0 Å². The Hall–Kier alpha value is -0.937. The van der Waals surface area contributed by atoms with Gasteiger partial charge in [-0.2, -0.15) is 0 Å². The van der Waals surface area contributed by atoms with Gasteiger partial charge in [0.2, 0.25) is 0 Å². The summed E-state index contributed by atoms with van der Waals surface area (Å²) in [6.45, 7) is 2.27. The van der Waals surface area contributed by atoms with Crippen molar-refractivity contribution >= 4 is 6.08 Å². The van der Waals surface area contributed by atoms with Gasteiger partial charge in [-0.25, -0.2) is 0 Å². The first kappa shape index (κ1) is 18.8. The van der Waals surface area contributed by atoms with Crippen molar-refractivity contribution in [3.8, 4) is 11.1 Å². The molecule has 0 nitrogen and oxygen atoms in total. The van der Waals surface area contributed by atoms with Gasteiger partial charge in [0.25, 0.3) is 0 Å². The number of hydrogen-bond donors (Lipinski definition) is 0. The normalized spacial score (nSPS) is 16.9. The molecule has 25 heavy (non-hydrogen) atoms. The van der Waals surface area contributed by atoms with Gasteiger partial charge in [0.1, 0.15) is 0 Å². The van der Waals surface area contributed by atoms with Crippen LogP contribution in [0.15, 0.2) is 48.0 Å². The molecule has 128 valence electrons. The molecule has 0 amide bonds. The zero-order valence-corrected chi connectivity index (χ0v) is 17.8. The third-order valence-corrected chi connectivity index (χ3v) is 5.83. The zero-order chi connectivity index (χ0) is 16.4. The standard InChI is InChI=1S/C24H28.Zr/c1-2-7-18-16-22-10-6-11-23(24(22)17-18)21-14-12-20(13-15-21)19-8-4-3-5-9-19;/h6,10-15,17,19H,2-5,7-9,16H2,1H3;. The maximum Gasteiger partial charge on any atom is 0 e. The first-order valence-corrected chi connectivity index (χ1v) is 9.77. The van der Waals surface area contributed by atoms with Gasteiger partial charge in [0, 0.05) is 26.2 Å². The van der Waals surface area contributed by atoms with Crippen LogP contribution in [0.25, 0.3) is 17.2 Å². The number of rotatable bonds is 4. The Labute approximate surface area is 171 Å². The first-order chi connectivity index (χ1) is 11.8. The summed E-state index contributed by atoms with van der Waals surface area (Å²) < 4.78 is 0. The molecule has 0 saturated heterocycles. The molecule has 4 rings (SSSR count). The molecule has 0 spiro atoms. The van der Waals surface area contributed by atoms with E-state index in [2.05, 4.69) is 55.5 Å². The van der Waals surface area contributed by atoms with Crippen LogP contribution >= 0.6 is 0 Å². The van der Waals surface area contributed by atoms with E-state index in [9.17, 15) is 0 Å². The van der Waals surface area contributed by atoms with Crippen LogP contribution in [0, 0.1) is 0 Å². The monoisotopic (exact) mass is 406 g/mol. The molecule has 2 aromatic rings. The molecule has 0 unspecified atom stereocenters. The predicted molar refractivity (Wildman–Crippen MR) is 104 cm³/mol. The quantitative estimate of drug-likeness (QED) is 0.505. The van der Waals surface area contributed by atoms with E-state index in [1.54, 1.807) is 11.1 Å². The topological polar surface area (TPSA) is 0 Å². The van der Waals surface area contributed by atoms with E-state index in [4.69, 9.17) is 0 Å². The summed E-state index contributed by atoms with van der Waals surface area (Å²) in [5, 5.41) is 0. The van der Waals surface area contributed by atoms with Crippen LogP contribution in [0.1, 0.15) is 74.5 Å². The average Bonchev–Trinajstić information content (AvgIpc) is 3.05. The van der Waals surface area contributed by atoms with Gasteiger partial charge >= 0.3 is 0 Å². The van der Waals surface area contributed by atoms with Gasteiger partial charge in [-0.1, -0.05) is 86.7 Å². The first-order valence-electron chi connectivity index (χ1n) is 9.77. The molecule has 0 N–H and O–H groups in total. The van der Waals surface area contributed by atoms with E-state index < -0.39 is 0 Å². The van der Waals surface area contributed by atoms with Crippen LogP contribution in [0.3, 0.4) is 0 Å². The molecular weight excluding hydrogens is 379 g/mol. The predicted octanol–water partition coefficient (Wildman–Crippen LogP) is 7.14. The van der Waals surface area contributed by atoms with E-state index in [0.717, 1.165) is 12.3 Å². The van der Waals surface area contributed by atoms with Crippen molar-refractivity contribution in [2.75, 3.05) is 0 Å². The Morgan fingerprint density at radius 1 is 0.920 bits per heavy atom. The fourth-order valence-electron chi connectivity index (χ4n) is 4.54. The molecule has 1 saturated carbocycles. The van der Waals surface area contributed by atoms with E-state index in [1.807, 2.05) is 0 Å². The van der Waals surface area contributed by atoms with E-state index >= 15 is 0 Å². The molecule has 2 aliphatic carbocycles. The summed E-state index contributed by atoms with van der Waals surface area (Å²) in [5.74, 6) is 0.797. The Balaban J connectivity index is 0.00000182. The zero-order valence-electron chi connectivity index (χ0n) is 15.4. The van der Waals surface area contributed by atoms with Crippen molar-refractivity contribution in [2.45, 2.75) is 64.2 Å². The van der Waals surface area contributed by atoms with Crippen molar-refractivity contribution in [1.29, 1.82) is 0 Å². The fraction of sp³-hybridized carbons (Fsp3) is 0.417. The van der Waals surface area contributed by atoms with Crippen LogP contribution in [-0.4, -0.2) is 0 Å². The summed E-state index contributed by atoms with van der Waals surface area (Å²) in [7, 11) is 0. The maximum atomic E-state index is 2.45. The third-order valence-electron chi connectivity index (χ3n) is 5.83. The SMILES string of the molecule is CCCC1=Cc2c(cccc2-c2ccc(C3CCCCC3)cc2)C1.[Zr]. The molecule has 0 aliphatic heterocycles. The van der Waals surface area contributed by atoms with Crippen LogP contribution in [0.4, 0.5) is 0 Å². The molecule has 0 atom stereocenters. The molecule has 0 radical (unpaired) electrons. The molecule has 0 heterocycles. The Bertz CT molecular complexity index is 733. The Morgan fingerprint density at radius 3 is 2.40 bits per heavy atom. The fourth-order valence-corrected chi connectivity index (χ4v) is 4.54. The summed E-state index contributed by atoms with van der Waals surface area (Å²) in [6, 6.07) is 16.3.